The molecule has 0 aliphatic carbocycles. The minimum atomic E-state index is -3.62. The van der Waals surface area contributed by atoms with Crippen LogP contribution in [0.15, 0.2) is 41.2 Å². The lowest BCUT2D eigenvalue weighted by molar-refractivity contribution is -0.120. The third-order valence-corrected chi connectivity index (χ3v) is 9.23. The number of rotatable bonds is 6. The van der Waals surface area contributed by atoms with Gasteiger partial charge in [-0.2, -0.15) is 0 Å². The molecule has 0 radical (unpaired) electrons. The van der Waals surface area contributed by atoms with E-state index in [0.717, 1.165) is 21.6 Å². The zero-order chi connectivity index (χ0) is 23.8. The number of piperidine rings is 1. The molecule has 7 nitrogen and oxygen atoms in total. The van der Waals surface area contributed by atoms with E-state index in [1.54, 1.807) is 34.9 Å². The number of hydrogen-bond donors (Lipinski definition) is 1. The average molecular weight is 528 g/mol. The summed E-state index contributed by atoms with van der Waals surface area (Å²) in [5, 5.41) is 3.56. The Kier molecular flexibility index (Phi) is 7.16. The minimum absolute atomic E-state index is 0.0360. The van der Waals surface area contributed by atoms with Gasteiger partial charge in [0, 0.05) is 25.3 Å². The summed E-state index contributed by atoms with van der Waals surface area (Å²) in [5.41, 5.74) is 1.97. The van der Waals surface area contributed by atoms with Crippen LogP contribution in [0.2, 0.25) is 10.0 Å². The van der Waals surface area contributed by atoms with Crippen LogP contribution in [0.1, 0.15) is 25.3 Å². The summed E-state index contributed by atoms with van der Waals surface area (Å²) < 4.78 is 29.8. The first-order valence-electron chi connectivity index (χ1n) is 10.5. The second-order valence-electron chi connectivity index (χ2n) is 7.99. The van der Waals surface area contributed by atoms with Crippen molar-refractivity contribution < 1.29 is 13.2 Å². The lowest BCUT2D eigenvalue weighted by Gasteiger charge is -2.31. The summed E-state index contributed by atoms with van der Waals surface area (Å²) in [7, 11) is -3.62. The van der Waals surface area contributed by atoms with Gasteiger partial charge in [-0.25, -0.2) is 12.7 Å². The molecule has 4 rings (SSSR count). The molecule has 1 fully saturated rings. The van der Waals surface area contributed by atoms with E-state index < -0.39 is 15.9 Å². The topological polar surface area (TPSA) is 88.5 Å². The maximum atomic E-state index is 13.0. The van der Waals surface area contributed by atoms with Gasteiger partial charge in [-0.15, -0.1) is 0 Å². The van der Waals surface area contributed by atoms with Crippen molar-refractivity contribution >= 4 is 66.4 Å². The molecule has 11 heteroatoms. The maximum Gasteiger partial charge on any atom is 0.308 e. The Hall–Kier alpha value is -1.91. The van der Waals surface area contributed by atoms with Gasteiger partial charge in [0.2, 0.25) is 15.9 Å². The first-order valence-corrected chi connectivity index (χ1v) is 13.7. The van der Waals surface area contributed by atoms with E-state index in [0.29, 0.717) is 47.2 Å². The van der Waals surface area contributed by atoms with Gasteiger partial charge >= 0.3 is 4.87 Å². The normalized spacial score (nSPS) is 17.4. The monoisotopic (exact) mass is 527 g/mol. The lowest BCUT2D eigenvalue weighted by Crippen LogP contribution is -2.44. The molecule has 1 amide bonds. The highest BCUT2D eigenvalue weighted by Gasteiger charge is 2.32. The summed E-state index contributed by atoms with van der Waals surface area (Å²) in [4.78, 5) is 24.9. The molecule has 176 valence electrons. The van der Waals surface area contributed by atoms with Gasteiger partial charge in [0.1, 0.15) is 0 Å². The van der Waals surface area contributed by atoms with E-state index in [2.05, 4.69) is 5.32 Å². The van der Waals surface area contributed by atoms with Crippen molar-refractivity contribution in [1.29, 1.82) is 0 Å². The minimum Gasteiger partial charge on any atom is -0.326 e. The summed E-state index contributed by atoms with van der Waals surface area (Å²) in [5.74, 6) is -0.898. The molecule has 0 unspecified atom stereocenters. The molecule has 0 spiro atoms. The van der Waals surface area contributed by atoms with Crippen LogP contribution >= 0.6 is 34.5 Å². The number of carbonyl (C=O) groups excluding carboxylic acids is 1. The van der Waals surface area contributed by atoms with E-state index in [-0.39, 0.29) is 23.1 Å². The summed E-state index contributed by atoms with van der Waals surface area (Å²) >= 11 is 13.1. The van der Waals surface area contributed by atoms with Crippen LogP contribution in [0.25, 0.3) is 10.2 Å². The van der Waals surface area contributed by atoms with Crippen LogP contribution in [-0.2, 0) is 27.1 Å². The second kappa shape index (κ2) is 9.76. The Morgan fingerprint density at radius 1 is 1.18 bits per heavy atom. The molecule has 1 aliphatic heterocycles. The number of fused-ring (bicyclic) bond motifs is 1. The standard InChI is InChI=1S/C22H23Cl2N3O4S2/c1-2-27-19-8-6-16(11-20(19)32-22(27)29)25-21(28)15-4-3-9-26(12-15)33(30,31)13-14-5-7-17(23)18(24)10-14/h5-8,10-11,15H,2-4,9,12-13H2,1H3,(H,25,28)/t15-/m1/s1. The van der Waals surface area contributed by atoms with E-state index in [1.165, 1.54) is 4.31 Å². The van der Waals surface area contributed by atoms with Crippen LogP contribution in [-0.4, -0.2) is 36.3 Å². The van der Waals surface area contributed by atoms with Crippen molar-refractivity contribution in [1.82, 2.24) is 8.87 Å². The fourth-order valence-corrected chi connectivity index (χ4v) is 6.94. The van der Waals surface area contributed by atoms with Gasteiger partial charge in [-0.05, 0) is 55.7 Å². The van der Waals surface area contributed by atoms with Gasteiger partial charge in [0.05, 0.1) is 31.9 Å². The van der Waals surface area contributed by atoms with Crippen LogP contribution < -0.4 is 10.2 Å². The number of sulfonamides is 1. The molecule has 2 aromatic carbocycles. The molecule has 0 bridgehead atoms. The van der Waals surface area contributed by atoms with Crippen molar-refractivity contribution in [2.45, 2.75) is 32.1 Å². The number of nitrogens with one attached hydrogen (secondary N) is 1. The van der Waals surface area contributed by atoms with E-state index in [4.69, 9.17) is 23.2 Å². The van der Waals surface area contributed by atoms with Crippen molar-refractivity contribution in [3.63, 3.8) is 0 Å². The van der Waals surface area contributed by atoms with Crippen LogP contribution in [0.5, 0.6) is 0 Å². The third-order valence-electron chi connectivity index (χ3n) is 5.73. The zero-order valence-corrected chi connectivity index (χ0v) is 21.0. The molecule has 1 atom stereocenters. The maximum absolute atomic E-state index is 13.0. The first kappa shape index (κ1) is 24.2. The first-order chi connectivity index (χ1) is 15.7. The molecular formula is C22H23Cl2N3O4S2. The number of carbonyl (C=O) groups is 1. The van der Waals surface area contributed by atoms with Gasteiger partial charge in [0.15, 0.2) is 0 Å². The third kappa shape index (κ3) is 5.27. The molecular weight excluding hydrogens is 505 g/mol. The van der Waals surface area contributed by atoms with Gasteiger partial charge < -0.3 is 5.32 Å². The Morgan fingerprint density at radius 2 is 1.97 bits per heavy atom. The summed E-state index contributed by atoms with van der Waals surface area (Å²) in [6.07, 6.45) is 1.20. The van der Waals surface area contributed by atoms with Gasteiger partial charge in [-0.1, -0.05) is 40.6 Å². The molecule has 1 aromatic heterocycles. The quantitative estimate of drug-likeness (QED) is 0.508. The van der Waals surface area contributed by atoms with Gasteiger partial charge in [0.25, 0.3) is 0 Å². The summed E-state index contributed by atoms with van der Waals surface area (Å²) in [6, 6.07) is 10.1. The van der Waals surface area contributed by atoms with E-state index in [9.17, 15) is 18.0 Å². The fraction of sp³-hybridized carbons (Fsp3) is 0.364. The molecule has 33 heavy (non-hydrogen) atoms. The summed E-state index contributed by atoms with van der Waals surface area (Å²) in [6.45, 7) is 2.99. The lowest BCUT2D eigenvalue weighted by atomic mass is 9.98. The predicted octanol–water partition coefficient (Wildman–Crippen LogP) is 4.57. The number of amides is 1. The Balaban J connectivity index is 1.45. The van der Waals surface area contributed by atoms with Crippen LogP contribution in [0, 0.1) is 5.92 Å². The fourth-order valence-electron chi connectivity index (χ4n) is 4.03. The predicted molar refractivity (Wildman–Crippen MR) is 134 cm³/mol. The van der Waals surface area contributed by atoms with E-state index in [1.807, 2.05) is 13.0 Å². The Bertz CT molecular complexity index is 1370. The number of halogens is 2. The molecule has 1 N–H and O–H groups in total. The number of aromatic nitrogens is 1. The zero-order valence-electron chi connectivity index (χ0n) is 17.9. The molecule has 1 aliphatic rings. The molecule has 3 aromatic rings. The number of aryl methyl sites for hydroxylation is 1. The molecule has 0 saturated carbocycles. The SMILES string of the molecule is CCn1c(=O)sc2cc(NC(=O)[C@@H]3CCCN(S(=O)(=O)Cc4ccc(Cl)c(Cl)c4)C3)ccc21. The highest BCUT2D eigenvalue weighted by Crippen LogP contribution is 2.27. The largest absolute Gasteiger partial charge is 0.326 e. The number of benzene rings is 2. The smallest absolute Gasteiger partial charge is 0.308 e. The van der Waals surface area contributed by atoms with Crippen LogP contribution in [0.4, 0.5) is 5.69 Å². The highest BCUT2D eigenvalue weighted by atomic mass is 35.5. The second-order valence-corrected chi connectivity index (χ2v) is 11.8. The average Bonchev–Trinajstić information content (AvgIpc) is 3.10. The number of hydrogen-bond acceptors (Lipinski definition) is 5. The molecule has 2 heterocycles. The van der Waals surface area contributed by atoms with Crippen molar-refractivity contribution in [2.24, 2.45) is 5.92 Å². The number of nitrogens with zero attached hydrogens (tertiary/aromatic N) is 2. The van der Waals surface area contributed by atoms with Crippen molar-refractivity contribution in [2.75, 3.05) is 18.4 Å². The van der Waals surface area contributed by atoms with Crippen molar-refractivity contribution in [3.05, 3.63) is 61.7 Å². The number of anilines is 1. The number of thiazole rings is 1. The Morgan fingerprint density at radius 3 is 2.70 bits per heavy atom. The van der Waals surface area contributed by atoms with Crippen molar-refractivity contribution in [3.8, 4) is 0 Å². The van der Waals surface area contributed by atoms with E-state index >= 15 is 0 Å². The Labute approximate surface area is 206 Å². The van der Waals surface area contributed by atoms with Crippen LogP contribution in [0.3, 0.4) is 0 Å². The van der Waals surface area contributed by atoms with Gasteiger partial charge in [-0.3, -0.25) is 14.2 Å². The molecule has 1 saturated heterocycles. The highest BCUT2D eigenvalue weighted by molar-refractivity contribution is 7.88.